The van der Waals surface area contributed by atoms with E-state index < -0.39 is 6.10 Å². The molecule has 0 saturated carbocycles. The Morgan fingerprint density at radius 3 is 0.790 bits per heavy atom. The first kappa shape index (κ1) is 60.4. The zero-order valence-corrected chi connectivity index (χ0v) is 42.5. The maximum absolute atomic E-state index is 12.8. The van der Waals surface area contributed by atoms with E-state index in [0.29, 0.717) is 19.3 Å². The van der Waals surface area contributed by atoms with E-state index in [-0.39, 0.29) is 31.1 Å². The van der Waals surface area contributed by atoms with Gasteiger partial charge in [-0.25, -0.2) is 0 Å². The van der Waals surface area contributed by atoms with Gasteiger partial charge in [0.1, 0.15) is 13.2 Å². The van der Waals surface area contributed by atoms with Crippen LogP contribution in [0.4, 0.5) is 0 Å². The minimum Gasteiger partial charge on any atom is -0.462 e. The fourth-order valence-corrected chi connectivity index (χ4v) is 8.52. The first-order chi connectivity index (χ1) is 30.2. The molecule has 0 spiro atoms. The quantitative estimate of drug-likeness (QED) is 0.0344. The molecule has 368 valence electrons. The minimum absolute atomic E-state index is 0.0638. The molecule has 6 nitrogen and oxygen atoms in total. The van der Waals surface area contributed by atoms with Crippen LogP contribution in [0.3, 0.4) is 0 Å². The number of hydrogen-bond acceptors (Lipinski definition) is 6. The molecule has 0 saturated heterocycles. The predicted molar refractivity (Wildman–Crippen MR) is 266 cm³/mol. The van der Waals surface area contributed by atoms with Gasteiger partial charge < -0.3 is 14.2 Å². The normalized spacial score (nSPS) is 12.0. The van der Waals surface area contributed by atoms with Crippen LogP contribution in [0.1, 0.15) is 311 Å². The van der Waals surface area contributed by atoms with Gasteiger partial charge in [-0.3, -0.25) is 14.4 Å². The molecule has 0 fully saturated rings. The fraction of sp³-hybridized carbons (Fsp3) is 0.946. The van der Waals surface area contributed by atoms with Gasteiger partial charge in [0.05, 0.1) is 0 Å². The monoisotopic (exact) mass is 877 g/mol. The molecule has 62 heavy (non-hydrogen) atoms. The van der Waals surface area contributed by atoms with Crippen molar-refractivity contribution in [3.63, 3.8) is 0 Å². The Kier molecular flexibility index (Phi) is 47.6. The molecule has 0 heterocycles. The molecule has 1 atom stereocenters. The molecule has 0 aromatic carbocycles. The topological polar surface area (TPSA) is 78.9 Å². The molecule has 0 aliphatic carbocycles. The highest BCUT2D eigenvalue weighted by Gasteiger charge is 2.19. The third-order valence-corrected chi connectivity index (χ3v) is 12.7. The largest absolute Gasteiger partial charge is 0.462 e. The highest BCUT2D eigenvalue weighted by atomic mass is 16.6. The molecule has 0 unspecified atom stereocenters. The Hall–Kier alpha value is -1.59. The first-order valence-electron chi connectivity index (χ1n) is 27.7. The number of carbonyl (C=O) groups excluding carboxylic acids is 3. The van der Waals surface area contributed by atoms with Crippen LogP contribution >= 0.6 is 0 Å². The maximum Gasteiger partial charge on any atom is 0.306 e. The summed E-state index contributed by atoms with van der Waals surface area (Å²) in [6.07, 6.45) is 51.0. The summed E-state index contributed by atoms with van der Waals surface area (Å²) >= 11 is 0. The van der Waals surface area contributed by atoms with Gasteiger partial charge in [-0.2, -0.15) is 0 Å². The number of esters is 3. The summed E-state index contributed by atoms with van der Waals surface area (Å²) in [5, 5.41) is 0. The van der Waals surface area contributed by atoms with Gasteiger partial charge in [0, 0.05) is 19.3 Å². The molecule has 0 aromatic heterocycles. The number of hydrogen-bond donors (Lipinski definition) is 0. The van der Waals surface area contributed by atoms with E-state index in [1.165, 1.54) is 199 Å². The average molecular weight is 877 g/mol. The smallest absolute Gasteiger partial charge is 0.306 e. The second-order valence-electron chi connectivity index (χ2n) is 20.2. The lowest BCUT2D eigenvalue weighted by Crippen LogP contribution is -2.30. The van der Waals surface area contributed by atoms with E-state index in [2.05, 4.69) is 34.6 Å². The summed E-state index contributed by atoms with van der Waals surface area (Å²) < 4.78 is 16.8. The van der Waals surface area contributed by atoms with Crippen LogP contribution in [0.2, 0.25) is 0 Å². The number of rotatable bonds is 50. The lowest BCUT2D eigenvalue weighted by molar-refractivity contribution is -0.167. The van der Waals surface area contributed by atoms with Gasteiger partial charge >= 0.3 is 17.9 Å². The third kappa shape index (κ3) is 49.4. The van der Waals surface area contributed by atoms with Crippen LogP contribution in [0, 0.1) is 11.8 Å². The Balaban J connectivity index is 4.27. The number of carbonyl (C=O) groups is 3. The van der Waals surface area contributed by atoms with Gasteiger partial charge in [0.15, 0.2) is 6.10 Å². The van der Waals surface area contributed by atoms with Gasteiger partial charge in [0.25, 0.3) is 0 Å². The second-order valence-corrected chi connectivity index (χ2v) is 20.2. The highest BCUT2D eigenvalue weighted by Crippen LogP contribution is 2.18. The fourth-order valence-electron chi connectivity index (χ4n) is 8.52. The number of unbranched alkanes of at least 4 members (excludes halogenated alkanes) is 35. The van der Waals surface area contributed by atoms with Gasteiger partial charge in [-0.05, 0) is 31.1 Å². The Morgan fingerprint density at radius 2 is 0.532 bits per heavy atom. The van der Waals surface area contributed by atoms with Crippen LogP contribution in [0.25, 0.3) is 0 Å². The molecule has 0 aliphatic heterocycles. The summed E-state index contributed by atoms with van der Waals surface area (Å²) in [4.78, 5) is 38.0. The molecule has 0 aliphatic rings. The van der Waals surface area contributed by atoms with Crippen molar-refractivity contribution in [3.05, 3.63) is 0 Å². The Labute approximate surface area is 387 Å². The van der Waals surface area contributed by atoms with Gasteiger partial charge in [-0.15, -0.1) is 0 Å². The molecule has 0 radical (unpaired) electrons. The lowest BCUT2D eigenvalue weighted by atomic mass is 10.0. The zero-order chi connectivity index (χ0) is 45.4. The summed E-state index contributed by atoms with van der Waals surface area (Å²) in [7, 11) is 0. The van der Waals surface area contributed by atoms with Crippen molar-refractivity contribution in [2.75, 3.05) is 13.2 Å². The van der Waals surface area contributed by atoms with Crippen molar-refractivity contribution in [3.8, 4) is 0 Å². The predicted octanol–water partition coefficient (Wildman–Crippen LogP) is 18.1. The van der Waals surface area contributed by atoms with Crippen molar-refractivity contribution in [1.29, 1.82) is 0 Å². The molecular formula is C56H108O6. The molecule has 0 N–H and O–H groups in total. The minimum atomic E-state index is -0.762. The summed E-state index contributed by atoms with van der Waals surface area (Å²) in [6.45, 7) is 11.4. The lowest BCUT2D eigenvalue weighted by Gasteiger charge is -2.18. The van der Waals surface area contributed by atoms with E-state index in [9.17, 15) is 14.4 Å². The van der Waals surface area contributed by atoms with Crippen molar-refractivity contribution in [2.24, 2.45) is 11.8 Å². The summed E-state index contributed by atoms with van der Waals surface area (Å²) in [5.41, 5.74) is 0. The van der Waals surface area contributed by atoms with Crippen molar-refractivity contribution in [1.82, 2.24) is 0 Å². The SMILES string of the molecule is CCCCCCCCCCCCCCCCCCCCCC(=O)O[C@H](COC(=O)CCCCCCCCCCCCCC(C)C)COC(=O)CCCCCCCCCCC(C)C. The van der Waals surface area contributed by atoms with Crippen LogP contribution in [0.15, 0.2) is 0 Å². The number of ether oxygens (including phenoxy) is 3. The first-order valence-corrected chi connectivity index (χ1v) is 27.7. The molecular weight excluding hydrogens is 769 g/mol. The van der Waals surface area contributed by atoms with Crippen LogP contribution in [0.5, 0.6) is 0 Å². The van der Waals surface area contributed by atoms with Crippen molar-refractivity contribution < 1.29 is 28.6 Å². The summed E-state index contributed by atoms with van der Waals surface area (Å²) in [6, 6.07) is 0. The van der Waals surface area contributed by atoms with E-state index in [1.54, 1.807) is 0 Å². The Morgan fingerprint density at radius 1 is 0.306 bits per heavy atom. The molecule has 0 bridgehead atoms. The summed E-state index contributed by atoms with van der Waals surface area (Å²) in [5.74, 6) is 0.777. The van der Waals surface area contributed by atoms with Crippen LogP contribution in [-0.4, -0.2) is 37.2 Å². The van der Waals surface area contributed by atoms with Crippen molar-refractivity contribution >= 4 is 17.9 Å². The second kappa shape index (κ2) is 48.9. The zero-order valence-electron chi connectivity index (χ0n) is 42.5. The molecule has 6 heteroatoms. The molecule has 0 rings (SSSR count). The van der Waals surface area contributed by atoms with E-state index in [1.807, 2.05) is 0 Å². The Bertz CT molecular complexity index is 947. The maximum atomic E-state index is 12.8. The van der Waals surface area contributed by atoms with E-state index in [4.69, 9.17) is 14.2 Å². The van der Waals surface area contributed by atoms with Gasteiger partial charge in [-0.1, -0.05) is 272 Å². The third-order valence-electron chi connectivity index (χ3n) is 12.7. The highest BCUT2D eigenvalue weighted by molar-refractivity contribution is 5.71. The molecule has 0 amide bonds. The van der Waals surface area contributed by atoms with Gasteiger partial charge in [0.2, 0.25) is 0 Å². The average Bonchev–Trinajstić information content (AvgIpc) is 3.24. The van der Waals surface area contributed by atoms with Crippen LogP contribution < -0.4 is 0 Å². The molecule has 0 aromatic rings. The van der Waals surface area contributed by atoms with Crippen molar-refractivity contribution in [2.45, 2.75) is 317 Å². The standard InChI is InChI=1S/C56H108O6/c1-6-7-8-9-10-11-12-13-14-15-16-17-18-19-22-26-33-38-43-48-56(59)62-53(50-61-55(58)47-42-37-32-28-27-30-35-40-45-52(4)5)49-60-54(57)46-41-36-31-25-23-20-21-24-29-34-39-44-51(2)3/h51-53H,6-50H2,1-5H3/t53-/m1/s1. The van der Waals surface area contributed by atoms with Crippen LogP contribution in [-0.2, 0) is 28.6 Å². The van der Waals surface area contributed by atoms with E-state index >= 15 is 0 Å². The van der Waals surface area contributed by atoms with E-state index in [0.717, 1.165) is 69.6 Å².